The first-order chi connectivity index (χ1) is 15.8. The number of rotatable bonds is 6. The lowest BCUT2D eigenvalue weighted by Gasteiger charge is -2.19. The van der Waals surface area contributed by atoms with Crippen LogP contribution in [0.4, 0.5) is 10.3 Å². The van der Waals surface area contributed by atoms with Crippen molar-refractivity contribution in [2.24, 2.45) is 0 Å². The average Bonchev–Trinajstić information content (AvgIpc) is 3.24. The zero-order valence-corrected chi connectivity index (χ0v) is 17.9. The van der Waals surface area contributed by atoms with E-state index < -0.39 is 42.1 Å². The van der Waals surface area contributed by atoms with Gasteiger partial charge in [0.15, 0.2) is 18.0 Å². The Kier molecular flexibility index (Phi) is 6.09. The first kappa shape index (κ1) is 22.4. The zero-order chi connectivity index (χ0) is 23.7. The first-order valence-corrected chi connectivity index (χ1v) is 10.3. The fraction of sp³-hybridized carbons (Fsp3) is 0.381. The predicted octanol–water partition coefficient (Wildman–Crippen LogP) is 1.49. The number of carbonyl (C=O) groups excluding carboxylic acids is 2. The van der Waals surface area contributed by atoms with E-state index in [0.29, 0.717) is 11.1 Å². The average molecular weight is 459 g/mol. The van der Waals surface area contributed by atoms with Crippen molar-refractivity contribution < 1.29 is 28.2 Å². The monoisotopic (exact) mass is 459 g/mol. The Labute approximate surface area is 186 Å². The van der Waals surface area contributed by atoms with Crippen LogP contribution in [0.25, 0.3) is 11.2 Å². The molecular weight excluding hydrogens is 437 g/mol. The van der Waals surface area contributed by atoms with Gasteiger partial charge in [-0.25, -0.2) is 18.7 Å². The van der Waals surface area contributed by atoms with Gasteiger partial charge in [0.25, 0.3) is 0 Å². The fourth-order valence-electron chi connectivity index (χ4n) is 3.73. The molecule has 0 unspecified atom stereocenters. The third-order valence-electron chi connectivity index (χ3n) is 5.11. The Morgan fingerprint density at radius 1 is 1.33 bits per heavy atom. The van der Waals surface area contributed by atoms with E-state index in [1.54, 1.807) is 13.0 Å². The number of esters is 2. The Bertz CT molecular complexity index is 1270. The van der Waals surface area contributed by atoms with Crippen molar-refractivity contribution in [3.05, 3.63) is 52.3 Å². The van der Waals surface area contributed by atoms with E-state index >= 15 is 0 Å². The zero-order valence-electron chi connectivity index (χ0n) is 17.9. The van der Waals surface area contributed by atoms with Gasteiger partial charge in [0.2, 0.25) is 12.2 Å². The minimum atomic E-state index is -1.14. The molecule has 0 amide bonds. The molecule has 0 radical (unpaired) electrons. The van der Waals surface area contributed by atoms with Crippen molar-refractivity contribution in [1.29, 1.82) is 0 Å². The Morgan fingerprint density at radius 2 is 2.12 bits per heavy atom. The van der Waals surface area contributed by atoms with E-state index in [-0.39, 0.29) is 31.0 Å². The highest BCUT2D eigenvalue weighted by Crippen LogP contribution is 2.33. The van der Waals surface area contributed by atoms with E-state index in [0.717, 1.165) is 0 Å². The van der Waals surface area contributed by atoms with Gasteiger partial charge in [-0.05, 0) is 17.7 Å². The van der Waals surface area contributed by atoms with Crippen LogP contribution in [0.15, 0.2) is 35.3 Å². The molecule has 0 saturated carbocycles. The largest absolute Gasteiger partial charge is 0.457 e. The van der Waals surface area contributed by atoms with Gasteiger partial charge in [0, 0.05) is 13.3 Å². The third-order valence-corrected chi connectivity index (χ3v) is 5.11. The number of nitrogens with zero attached hydrogens (tertiary/aromatic N) is 4. The molecule has 174 valence electrons. The number of nitrogens with two attached hydrogens (primary N) is 1. The lowest BCUT2D eigenvalue weighted by atomic mass is 10.2. The number of ether oxygens (including phenoxy) is 3. The molecule has 0 bridgehead atoms. The number of fused-ring (bicyclic) bond motifs is 1. The van der Waals surface area contributed by atoms with Gasteiger partial charge < -0.3 is 19.9 Å². The lowest BCUT2D eigenvalue weighted by molar-refractivity contribution is -0.183. The molecule has 1 aliphatic rings. The fourth-order valence-corrected chi connectivity index (χ4v) is 3.73. The summed E-state index contributed by atoms with van der Waals surface area (Å²) in [6.07, 6.45) is -1.57. The lowest BCUT2D eigenvalue weighted by Crippen LogP contribution is -2.34. The SMILES string of the molecule is CCC(=O)O[C@H]1C[C@@H](OC(C)=O)[C@H](n2c(=O)n(Cc3cccc(F)c3)c3cnc(N)nc32)O1. The standard InChI is InChI=1S/C21H22FN5O6/c1-3-16(29)32-17-8-15(31-11(2)28)19(33-17)27-18-14(9-24-20(23)25-18)26(21(27)30)10-12-5-4-6-13(22)7-12/h4-7,9,15,17,19H,3,8,10H2,1-2H3,(H2,23,24,25)/t15-,17-,19-/m1/s1. The summed E-state index contributed by atoms with van der Waals surface area (Å²) in [5.41, 5.74) is 6.17. The smallest absolute Gasteiger partial charge is 0.332 e. The maximum absolute atomic E-state index is 13.7. The van der Waals surface area contributed by atoms with Crippen molar-refractivity contribution in [2.75, 3.05) is 5.73 Å². The molecule has 0 spiro atoms. The highest BCUT2D eigenvalue weighted by Gasteiger charge is 2.43. The molecule has 1 aliphatic heterocycles. The number of hydrogen-bond donors (Lipinski definition) is 1. The molecule has 0 aliphatic carbocycles. The number of halogens is 1. The molecule has 1 fully saturated rings. The van der Waals surface area contributed by atoms with Crippen LogP contribution >= 0.6 is 0 Å². The normalized spacial score (nSPS) is 20.2. The Morgan fingerprint density at radius 3 is 2.82 bits per heavy atom. The molecule has 2 N–H and O–H groups in total. The summed E-state index contributed by atoms with van der Waals surface area (Å²) in [6, 6.07) is 5.81. The van der Waals surface area contributed by atoms with Gasteiger partial charge >= 0.3 is 17.6 Å². The van der Waals surface area contributed by atoms with Crippen LogP contribution in [0.5, 0.6) is 0 Å². The highest BCUT2D eigenvalue weighted by molar-refractivity contribution is 5.72. The van der Waals surface area contributed by atoms with Gasteiger partial charge in [0.1, 0.15) is 11.3 Å². The highest BCUT2D eigenvalue weighted by atomic mass is 19.1. The van der Waals surface area contributed by atoms with Crippen molar-refractivity contribution in [2.45, 2.75) is 51.9 Å². The van der Waals surface area contributed by atoms with Crippen LogP contribution < -0.4 is 11.4 Å². The number of hydrogen-bond acceptors (Lipinski definition) is 9. The molecule has 3 atom stereocenters. The molecule has 3 heterocycles. The Balaban J connectivity index is 1.80. The Hall–Kier alpha value is -3.80. The number of imidazole rings is 1. The van der Waals surface area contributed by atoms with E-state index in [1.165, 1.54) is 40.5 Å². The second kappa shape index (κ2) is 8.98. The summed E-state index contributed by atoms with van der Waals surface area (Å²) in [7, 11) is 0. The van der Waals surface area contributed by atoms with E-state index in [1.807, 2.05) is 0 Å². The van der Waals surface area contributed by atoms with E-state index in [4.69, 9.17) is 19.9 Å². The number of nitrogen functional groups attached to an aromatic ring is 1. The van der Waals surface area contributed by atoms with Crippen LogP contribution in [-0.2, 0) is 30.3 Å². The maximum atomic E-state index is 13.7. The van der Waals surface area contributed by atoms with Crippen LogP contribution in [-0.4, -0.2) is 43.4 Å². The summed E-state index contributed by atoms with van der Waals surface area (Å²) < 4.78 is 32.6. The summed E-state index contributed by atoms with van der Waals surface area (Å²) in [5.74, 6) is -1.63. The minimum Gasteiger partial charge on any atom is -0.457 e. The topological polar surface area (TPSA) is 141 Å². The number of anilines is 1. The second-order valence-corrected chi connectivity index (χ2v) is 7.49. The summed E-state index contributed by atoms with van der Waals surface area (Å²) in [6.45, 7) is 2.87. The molecular formula is C21H22FN5O6. The predicted molar refractivity (Wildman–Crippen MR) is 112 cm³/mol. The quantitative estimate of drug-likeness (QED) is 0.543. The number of aromatic nitrogens is 4. The molecule has 4 rings (SSSR count). The van der Waals surface area contributed by atoms with Gasteiger partial charge in [-0.2, -0.15) is 4.98 Å². The summed E-state index contributed by atoms with van der Waals surface area (Å²) >= 11 is 0. The molecule has 1 aromatic carbocycles. The number of benzene rings is 1. The number of carbonyl (C=O) groups is 2. The van der Waals surface area contributed by atoms with Gasteiger partial charge in [-0.3, -0.25) is 14.2 Å². The van der Waals surface area contributed by atoms with Gasteiger partial charge in [0.05, 0.1) is 19.2 Å². The van der Waals surface area contributed by atoms with Crippen LogP contribution in [0.1, 0.15) is 38.5 Å². The molecule has 2 aromatic heterocycles. The van der Waals surface area contributed by atoms with Crippen molar-refractivity contribution in [1.82, 2.24) is 19.1 Å². The second-order valence-electron chi connectivity index (χ2n) is 7.49. The van der Waals surface area contributed by atoms with Crippen LogP contribution in [0.2, 0.25) is 0 Å². The summed E-state index contributed by atoms with van der Waals surface area (Å²) in [4.78, 5) is 45.1. The van der Waals surface area contributed by atoms with Gasteiger partial charge in [-0.1, -0.05) is 19.1 Å². The third kappa shape index (κ3) is 4.55. The molecule has 3 aromatic rings. The van der Waals surface area contributed by atoms with Crippen LogP contribution in [0.3, 0.4) is 0 Å². The van der Waals surface area contributed by atoms with Crippen molar-refractivity contribution in [3.63, 3.8) is 0 Å². The molecule has 1 saturated heterocycles. The van der Waals surface area contributed by atoms with Crippen molar-refractivity contribution >= 4 is 29.1 Å². The molecule has 11 nitrogen and oxygen atoms in total. The first-order valence-electron chi connectivity index (χ1n) is 10.3. The van der Waals surface area contributed by atoms with Crippen molar-refractivity contribution in [3.8, 4) is 0 Å². The van der Waals surface area contributed by atoms with Gasteiger partial charge in [-0.15, -0.1) is 0 Å². The maximum Gasteiger partial charge on any atom is 0.332 e. The van der Waals surface area contributed by atoms with Crippen LogP contribution in [0, 0.1) is 5.82 Å². The minimum absolute atomic E-state index is 0.0204. The summed E-state index contributed by atoms with van der Waals surface area (Å²) in [5, 5.41) is 0. The molecule has 33 heavy (non-hydrogen) atoms. The van der Waals surface area contributed by atoms with E-state index in [2.05, 4.69) is 9.97 Å². The molecule has 12 heteroatoms. The van der Waals surface area contributed by atoms with E-state index in [9.17, 15) is 18.8 Å².